The first-order valence-corrected chi connectivity index (χ1v) is 4.33. The van der Waals surface area contributed by atoms with Crippen molar-refractivity contribution in [3.8, 4) is 0 Å². The van der Waals surface area contributed by atoms with E-state index in [4.69, 9.17) is 10.2 Å². The van der Waals surface area contributed by atoms with Crippen LogP contribution >= 0.6 is 0 Å². The van der Waals surface area contributed by atoms with Crippen molar-refractivity contribution in [3.63, 3.8) is 0 Å². The predicted molar refractivity (Wildman–Crippen MR) is 46.3 cm³/mol. The van der Waals surface area contributed by atoms with Crippen molar-refractivity contribution in [2.45, 2.75) is 27.2 Å². The fourth-order valence-electron chi connectivity index (χ4n) is 1.15. The summed E-state index contributed by atoms with van der Waals surface area (Å²) < 4.78 is 0. The van der Waals surface area contributed by atoms with Crippen molar-refractivity contribution in [2.75, 3.05) is 13.2 Å². The Morgan fingerprint density at radius 3 is 1.82 bits per heavy atom. The van der Waals surface area contributed by atoms with Crippen LogP contribution in [0.15, 0.2) is 0 Å². The van der Waals surface area contributed by atoms with Crippen molar-refractivity contribution in [3.05, 3.63) is 0 Å². The van der Waals surface area contributed by atoms with Gasteiger partial charge in [0.05, 0.1) is 0 Å². The lowest BCUT2D eigenvalue weighted by molar-refractivity contribution is 0.141. The third kappa shape index (κ3) is 4.38. The first-order valence-electron chi connectivity index (χ1n) is 4.33. The lowest BCUT2D eigenvalue weighted by atomic mass is 9.88. The van der Waals surface area contributed by atoms with E-state index >= 15 is 0 Å². The standard InChI is InChI=1S/C9H20O2/c1-7(2)9(6-11)4-8(3)5-10/h7-11H,4-6H2,1-3H3. The Bertz CT molecular complexity index is 91.6. The zero-order valence-electron chi connectivity index (χ0n) is 7.75. The summed E-state index contributed by atoms with van der Waals surface area (Å²) in [6.45, 7) is 6.67. The molecule has 2 N–H and O–H groups in total. The zero-order valence-corrected chi connectivity index (χ0v) is 7.75. The summed E-state index contributed by atoms with van der Waals surface area (Å²) in [6, 6.07) is 0. The summed E-state index contributed by atoms with van der Waals surface area (Å²) >= 11 is 0. The average Bonchev–Trinajstić information content (AvgIpc) is 1.99. The molecule has 0 saturated heterocycles. The highest BCUT2D eigenvalue weighted by atomic mass is 16.3. The van der Waals surface area contributed by atoms with Crippen LogP contribution in [0.25, 0.3) is 0 Å². The maximum Gasteiger partial charge on any atom is 0.0461 e. The molecule has 2 nitrogen and oxygen atoms in total. The van der Waals surface area contributed by atoms with E-state index in [1.807, 2.05) is 6.92 Å². The highest BCUT2D eigenvalue weighted by Gasteiger charge is 2.14. The van der Waals surface area contributed by atoms with Crippen molar-refractivity contribution in [1.29, 1.82) is 0 Å². The number of rotatable bonds is 5. The van der Waals surface area contributed by atoms with E-state index in [0.29, 0.717) is 17.8 Å². The quantitative estimate of drug-likeness (QED) is 0.636. The van der Waals surface area contributed by atoms with Gasteiger partial charge in [0, 0.05) is 13.2 Å². The molecule has 0 bridgehead atoms. The molecule has 11 heavy (non-hydrogen) atoms. The van der Waals surface area contributed by atoms with Crippen LogP contribution in [0.1, 0.15) is 27.2 Å². The van der Waals surface area contributed by atoms with Crippen molar-refractivity contribution < 1.29 is 10.2 Å². The number of hydrogen-bond acceptors (Lipinski definition) is 2. The molecular formula is C9H20O2. The normalized spacial score (nSPS) is 16.9. The van der Waals surface area contributed by atoms with E-state index in [-0.39, 0.29) is 13.2 Å². The van der Waals surface area contributed by atoms with E-state index in [0.717, 1.165) is 6.42 Å². The van der Waals surface area contributed by atoms with Gasteiger partial charge >= 0.3 is 0 Å². The van der Waals surface area contributed by atoms with Crippen LogP contribution < -0.4 is 0 Å². The Hall–Kier alpha value is -0.0800. The second-order valence-corrected chi connectivity index (χ2v) is 3.71. The Balaban J connectivity index is 3.68. The molecule has 0 spiro atoms. The van der Waals surface area contributed by atoms with Gasteiger partial charge < -0.3 is 10.2 Å². The van der Waals surface area contributed by atoms with Gasteiger partial charge in [-0.2, -0.15) is 0 Å². The van der Waals surface area contributed by atoms with E-state index < -0.39 is 0 Å². The van der Waals surface area contributed by atoms with Crippen LogP contribution in [-0.4, -0.2) is 23.4 Å². The van der Waals surface area contributed by atoms with Gasteiger partial charge in [-0.3, -0.25) is 0 Å². The van der Waals surface area contributed by atoms with Gasteiger partial charge in [-0.25, -0.2) is 0 Å². The van der Waals surface area contributed by atoms with Crippen LogP contribution in [0.2, 0.25) is 0 Å². The summed E-state index contributed by atoms with van der Waals surface area (Å²) in [4.78, 5) is 0. The minimum Gasteiger partial charge on any atom is -0.396 e. The molecule has 2 unspecified atom stereocenters. The van der Waals surface area contributed by atoms with Gasteiger partial charge in [0.2, 0.25) is 0 Å². The summed E-state index contributed by atoms with van der Waals surface area (Å²) in [5.74, 6) is 1.17. The molecule has 0 aromatic carbocycles. The monoisotopic (exact) mass is 160 g/mol. The van der Waals surface area contributed by atoms with Gasteiger partial charge in [0.1, 0.15) is 0 Å². The molecule has 0 saturated carbocycles. The molecule has 2 heteroatoms. The number of aliphatic hydroxyl groups excluding tert-OH is 2. The zero-order chi connectivity index (χ0) is 8.85. The molecule has 2 atom stereocenters. The van der Waals surface area contributed by atoms with Crippen LogP contribution in [0.5, 0.6) is 0 Å². The molecule has 0 aromatic heterocycles. The minimum atomic E-state index is 0.225. The molecule has 0 aromatic rings. The van der Waals surface area contributed by atoms with Crippen molar-refractivity contribution >= 4 is 0 Å². The number of hydrogen-bond donors (Lipinski definition) is 2. The van der Waals surface area contributed by atoms with Crippen molar-refractivity contribution in [2.24, 2.45) is 17.8 Å². The third-order valence-corrected chi connectivity index (χ3v) is 2.19. The van der Waals surface area contributed by atoms with Crippen molar-refractivity contribution in [1.82, 2.24) is 0 Å². The summed E-state index contributed by atoms with van der Waals surface area (Å²) in [5.41, 5.74) is 0. The van der Waals surface area contributed by atoms with Crippen LogP contribution in [0.3, 0.4) is 0 Å². The van der Waals surface area contributed by atoms with E-state index in [1.165, 1.54) is 0 Å². The second-order valence-electron chi connectivity index (χ2n) is 3.71. The molecule has 0 fully saturated rings. The van der Waals surface area contributed by atoms with E-state index in [2.05, 4.69) is 13.8 Å². The van der Waals surface area contributed by atoms with Crippen LogP contribution in [0.4, 0.5) is 0 Å². The Kier molecular flexibility index (Phi) is 5.51. The molecule has 0 rings (SSSR count). The van der Waals surface area contributed by atoms with Gasteiger partial charge in [-0.05, 0) is 24.2 Å². The third-order valence-electron chi connectivity index (χ3n) is 2.19. The SMILES string of the molecule is CC(CO)CC(CO)C(C)C. The molecule has 68 valence electrons. The molecule has 0 radical (unpaired) electrons. The lowest BCUT2D eigenvalue weighted by Gasteiger charge is -2.20. The largest absolute Gasteiger partial charge is 0.396 e. The maximum atomic E-state index is 8.96. The van der Waals surface area contributed by atoms with Gasteiger partial charge in [0.25, 0.3) is 0 Å². The number of aliphatic hydroxyl groups is 2. The summed E-state index contributed by atoms with van der Waals surface area (Å²) in [6.07, 6.45) is 0.921. The predicted octanol–water partition coefficient (Wildman–Crippen LogP) is 1.27. The molecule has 0 amide bonds. The average molecular weight is 160 g/mol. The first kappa shape index (κ1) is 10.9. The smallest absolute Gasteiger partial charge is 0.0461 e. The Morgan fingerprint density at radius 2 is 1.55 bits per heavy atom. The first-order chi connectivity index (χ1) is 5.11. The summed E-state index contributed by atoms with van der Waals surface area (Å²) in [7, 11) is 0. The Morgan fingerprint density at radius 1 is 1.00 bits per heavy atom. The topological polar surface area (TPSA) is 40.5 Å². The minimum absolute atomic E-state index is 0.225. The molecule has 0 aliphatic heterocycles. The summed E-state index contributed by atoms with van der Waals surface area (Å²) in [5, 5.41) is 17.7. The lowest BCUT2D eigenvalue weighted by Crippen LogP contribution is -2.18. The van der Waals surface area contributed by atoms with Crippen LogP contribution in [-0.2, 0) is 0 Å². The van der Waals surface area contributed by atoms with Gasteiger partial charge in [-0.15, -0.1) is 0 Å². The second kappa shape index (κ2) is 5.56. The highest BCUT2D eigenvalue weighted by molar-refractivity contribution is 4.64. The van der Waals surface area contributed by atoms with Gasteiger partial charge in [0.15, 0.2) is 0 Å². The fourth-order valence-corrected chi connectivity index (χ4v) is 1.15. The van der Waals surface area contributed by atoms with E-state index in [1.54, 1.807) is 0 Å². The highest BCUT2D eigenvalue weighted by Crippen LogP contribution is 2.19. The molecule has 0 aliphatic carbocycles. The maximum absolute atomic E-state index is 8.96. The van der Waals surface area contributed by atoms with E-state index in [9.17, 15) is 0 Å². The molecule has 0 heterocycles. The van der Waals surface area contributed by atoms with Gasteiger partial charge in [-0.1, -0.05) is 20.8 Å². The molecular weight excluding hydrogens is 140 g/mol. The van der Waals surface area contributed by atoms with Crippen LogP contribution in [0, 0.1) is 17.8 Å². The Labute approximate surface area is 69.2 Å². The molecule has 0 aliphatic rings. The fraction of sp³-hybridized carbons (Fsp3) is 1.00.